The van der Waals surface area contributed by atoms with Crippen LogP contribution in [0.25, 0.3) is 33.3 Å². The van der Waals surface area contributed by atoms with Gasteiger partial charge in [0.1, 0.15) is 5.82 Å². The second-order valence-corrected chi connectivity index (χ2v) is 12.5. The van der Waals surface area contributed by atoms with Crippen molar-refractivity contribution in [3.8, 4) is 23.0 Å². The molecule has 1 aliphatic carbocycles. The van der Waals surface area contributed by atoms with Crippen LogP contribution < -0.4 is 4.74 Å². The minimum atomic E-state index is 0. The van der Waals surface area contributed by atoms with Crippen molar-refractivity contribution in [1.29, 1.82) is 0 Å². The average molecular weight is 788 g/mol. The number of allylic oxidation sites excluding steroid dienone is 2. The molecule has 0 saturated carbocycles. The summed E-state index contributed by atoms with van der Waals surface area (Å²) in [6.45, 7) is 13.2. The Bertz CT molecular complexity index is 2080. The molecule has 7 rings (SSSR count). The molecule has 0 amide bonds. The Hall–Kier alpha value is -3.95. The van der Waals surface area contributed by atoms with E-state index < -0.39 is 0 Å². The predicted molar refractivity (Wildman–Crippen MR) is 183 cm³/mol. The molecular formula is C40H40N4OPt. The van der Waals surface area contributed by atoms with Gasteiger partial charge in [-0.3, -0.25) is 4.68 Å². The van der Waals surface area contributed by atoms with Crippen LogP contribution in [0.5, 0.6) is 11.5 Å². The molecule has 0 saturated heterocycles. The Balaban J connectivity index is 0.00000372. The summed E-state index contributed by atoms with van der Waals surface area (Å²) >= 11 is 0. The molecular weight excluding hydrogens is 748 g/mol. The zero-order valence-corrected chi connectivity index (χ0v) is 29.7. The molecule has 6 heteroatoms. The molecule has 2 atom stereocenters. The van der Waals surface area contributed by atoms with Gasteiger partial charge >= 0.3 is 21.1 Å². The molecule has 6 aromatic rings. The molecule has 0 aliphatic heterocycles. The predicted octanol–water partition coefficient (Wildman–Crippen LogP) is 10.2. The molecule has 46 heavy (non-hydrogen) atoms. The largest absolute Gasteiger partial charge is 2.00 e. The minimum Gasteiger partial charge on any atom is -0.509 e. The fourth-order valence-corrected chi connectivity index (χ4v) is 7.41. The molecule has 3 heterocycles. The van der Waals surface area contributed by atoms with Gasteiger partial charge in [-0.05, 0) is 80.8 Å². The number of aryl methyl sites for hydroxylation is 3. The first-order valence-electron chi connectivity index (χ1n) is 16.2. The molecule has 3 aromatic heterocycles. The normalized spacial score (nSPS) is 16.4. The maximum atomic E-state index is 6.51. The van der Waals surface area contributed by atoms with Crippen molar-refractivity contribution in [1.82, 2.24) is 19.3 Å². The van der Waals surface area contributed by atoms with E-state index in [1.807, 2.05) is 24.4 Å². The van der Waals surface area contributed by atoms with Crippen molar-refractivity contribution in [3.05, 3.63) is 119 Å². The SMILES string of the molecule is CCC1=CCC[C@H](CC)C1c1c(C)nn(-c2[c-]c(Oc3[c-]c4c(cc3)c3ccccc3n4-c3cc(C)ccn3)cc(C)c2)c1C.[Pt+2]. The summed E-state index contributed by atoms with van der Waals surface area (Å²) in [5.41, 5.74) is 10.4. The molecule has 0 spiro atoms. The van der Waals surface area contributed by atoms with Gasteiger partial charge in [0.25, 0.3) is 0 Å². The average Bonchev–Trinajstić information content (AvgIpc) is 3.52. The van der Waals surface area contributed by atoms with Crippen molar-refractivity contribution in [2.24, 2.45) is 5.92 Å². The summed E-state index contributed by atoms with van der Waals surface area (Å²) in [5, 5.41) is 7.35. The van der Waals surface area contributed by atoms with Crippen LogP contribution in [-0.4, -0.2) is 19.3 Å². The minimum absolute atomic E-state index is 0. The Kier molecular flexibility index (Phi) is 9.08. The summed E-state index contributed by atoms with van der Waals surface area (Å²) in [6.07, 6.45) is 9.01. The first-order valence-corrected chi connectivity index (χ1v) is 16.2. The van der Waals surface area contributed by atoms with Crippen molar-refractivity contribution in [3.63, 3.8) is 0 Å². The van der Waals surface area contributed by atoms with Gasteiger partial charge in [-0.25, -0.2) is 4.98 Å². The van der Waals surface area contributed by atoms with Crippen LogP contribution in [0.3, 0.4) is 0 Å². The van der Waals surface area contributed by atoms with Gasteiger partial charge < -0.3 is 9.30 Å². The van der Waals surface area contributed by atoms with Gasteiger partial charge in [0.2, 0.25) is 0 Å². The molecule has 236 valence electrons. The number of pyridine rings is 1. The first-order chi connectivity index (χ1) is 21.9. The van der Waals surface area contributed by atoms with Crippen LogP contribution in [0.1, 0.15) is 73.5 Å². The van der Waals surface area contributed by atoms with E-state index >= 15 is 0 Å². The van der Waals surface area contributed by atoms with Crippen LogP contribution in [0.4, 0.5) is 0 Å². The summed E-state index contributed by atoms with van der Waals surface area (Å²) in [7, 11) is 0. The van der Waals surface area contributed by atoms with E-state index in [-0.39, 0.29) is 21.1 Å². The summed E-state index contributed by atoms with van der Waals surface area (Å²) in [5.74, 6) is 3.22. The number of rotatable bonds is 7. The van der Waals surface area contributed by atoms with Crippen LogP contribution in [0.15, 0.2) is 78.5 Å². The molecule has 3 aromatic carbocycles. The number of aromatic nitrogens is 4. The number of ether oxygens (including phenoxy) is 1. The standard InChI is InChI=1S/C40H40N4O.Pt/c1-7-29-12-11-13-30(8-2)40(29)39-27(5)42-44(28(39)6)31-20-26(4)21-33(23-31)45-32-16-17-35-34-14-9-10-15-36(34)43(37(35)24-32)38-22-25(3)18-19-41-38;/h9-10,12,14-22,30,40H,7-8,11,13H2,1-6H3;/q-2;+2/t30-,40?;/m0./s1. The third kappa shape index (κ3) is 5.64. The van der Waals surface area contributed by atoms with Gasteiger partial charge in [-0.1, -0.05) is 62.6 Å². The summed E-state index contributed by atoms with van der Waals surface area (Å²) < 4.78 is 10.7. The Morgan fingerprint density at radius 1 is 0.891 bits per heavy atom. The molecule has 0 radical (unpaired) electrons. The monoisotopic (exact) mass is 787 g/mol. The van der Waals surface area contributed by atoms with Crippen molar-refractivity contribution in [2.75, 3.05) is 0 Å². The van der Waals surface area contributed by atoms with Gasteiger partial charge in [0, 0.05) is 40.4 Å². The van der Waals surface area contributed by atoms with Crippen molar-refractivity contribution < 1.29 is 25.8 Å². The molecule has 1 unspecified atom stereocenters. The van der Waals surface area contributed by atoms with E-state index in [1.165, 1.54) is 30.5 Å². The van der Waals surface area contributed by atoms with Crippen LogP contribution in [0, 0.1) is 45.7 Å². The third-order valence-electron chi connectivity index (χ3n) is 9.52. The topological polar surface area (TPSA) is 44.9 Å². The maximum absolute atomic E-state index is 6.51. The van der Waals surface area contributed by atoms with E-state index in [2.05, 4.69) is 111 Å². The molecule has 5 nitrogen and oxygen atoms in total. The first kappa shape index (κ1) is 32.0. The maximum Gasteiger partial charge on any atom is 2.00 e. The summed E-state index contributed by atoms with van der Waals surface area (Å²) in [6, 6.07) is 27.9. The van der Waals surface area contributed by atoms with E-state index in [4.69, 9.17) is 14.8 Å². The smallest absolute Gasteiger partial charge is 0.509 e. The molecule has 1 aliphatic rings. The van der Waals surface area contributed by atoms with Crippen LogP contribution in [-0.2, 0) is 21.1 Å². The van der Waals surface area contributed by atoms with E-state index in [0.717, 1.165) is 56.6 Å². The Morgan fingerprint density at radius 2 is 1.72 bits per heavy atom. The van der Waals surface area contributed by atoms with Crippen LogP contribution >= 0.6 is 0 Å². The number of para-hydroxylation sites is 1. The number of fused-ring (bicyclic) bond motifs is 3. The zero-order chi connectivity index (χ0) is 31.2. The van der Waals surface area contributed by atoms with Gasteiger partial charge in [0.15, 0.2) is 0 Å². The summed E-state index contributed by atoms with van der Waals surface area (Å²) in [4.78, 5) is 4.71. The van der Waals surface area contributed by atoms with Crippen molar-refractivity contribution in [2.45, 2.75) is 73.1 Å². The number of hydrogen-bond donors (Lipinski definition) is 0. The van der Waals surface area contributed by atoms with Gasteiger partial charge in [-0.2, -0.15) is 16.7 Å². The second-order valence-electron chi connectivity index (χ2n) is 12.5. The Labute approximate surface area is 286 Å². The number of benzene rings is 3. The van der Waals surface area contributed by atoms with E-state index in [9.17, 15) is 0 Å². The number of hydrogen-bond acceptors (Lipinski definition) is 3. The fourth-order valence-electron chi connectivity index (χ4n) is 7.41. The second kappa shape index (κ2) is 13.0. The quantitative estimate of drug-likeness (QED) is 0.120. The third-order valence-corrected chi connectivity index (χ3v) is 9.52. The van der Waals surface area contributed by atoms with E-state index in [1.54, 1.807) is 5.57 Å². The Morgan fingerprint density at radius 3 is 2.50 bits per heavy atom. The van der Waals surface area contributed by atoms with E-state index in [0.29, 0.717) is 23.3 Å². The molecule has 0 bridgehead atoms. The van der Waals surface area contributed by atoms with Gasteiger partial charge in [-0.15, -0.1) is 35.7 Å². The number of nitrogens with zero attached hydrogens (tertiary/aromatic N) is 4. The molecule has 0 fully saturated rings. The zero-order valence-electron chi connectivity index (χ0n) is 27.4. The molecule has 0 N–H and O–H groups in total. The van der Waals surface area contributed by atoms with Crippen LogP contribution in [0.2, 0.25) is 0 Å². The van der Waals surface area contributed by atoms with Gasteiger partial charge in [0.05, 0.1) is 5.69 Å². The fraction of sp³-hybridized carbons (Fsp3) is 0.300. The van der Waals surface area contributed by atoms with Crippen molar-refractivity contribution >= 4 is 21.8 Å².